The molecular weight excluding hydrogens is 307 g/mol. The molecule has 1 aliphatic rings. The first-order valence-corrected chi connectivity index (χ1v) is 7.96. The molecule has 1 N–H and O–H groups in total. The predicted molar refractivity (Wildman–Crippen MR) is 69.9 cm³/mol. The zero-order chi connectivity index (χ0) is 15.7. The topological polar surface area (TPSA) is 57.6 Å². The molecule has 1 atom stereocenters. The zero-order valence-corrected chi connectivity index (χ0v) is 12.0. The summed E-state index contributed by atoms with van der Waals surface area (Å²) in [5.74, 6) is -1.62. The third-order valence-electron chi connectivity index (χ3n) is 3.57. The van der Waals surface area contributed by atoms with Crippen LogP contribution in [0.3, 0.4) is 0 Å². The number of aliphatic hydroxyl groups is 1. The number of sulfonamides is 1. The van der Waals surface area contributed by atoms with Crippen LogP contribution in [0.4, 0.5) is 13.2 Å². The highest BCUT2D eigenvalue weighted by Crippen LogP contribution is 2.35. The van der Waals surface area contributed by atoms with Gasteiger partial charge < -0.3 is 5.11 Å². The molecular formula is C13H16F3NO3S. The average molecular weight is 323 g/mol. The Kier molecular flexibility index (Phi) is 4.60. The lowest BCUT2D eigenvalue weighted by atomic mass is 9.99. The lowest BCUT2D eigenvalue weighted by Crippen LogP contribution is -2.44. The highest BCUT2D eigenvalue weighted by Gasteiger charge is 2.44. The van der Waals surface area contributed by atoms with E-state index in [-0.39, 0.29) is 30.9 Å². The maximum Gasteiger partial charge on any atom is 0.393 e. The summed E-state index contributed by atoms with van der Waals surface area (Å²) in [5, 5.41) is 9.03. The maximum atomic E-state index is 12.8. The summed E-state index contributed by atoms with van der Waals surface area (Å²) < 4.78 is 64.0. The molecule has 0 saturated carbocycles. The summed E-state index contributed by atoms with van der Waals surface area (Å²) in [4.78, 5) is -0.0862. The fourth-order valence-electron chi connectivity index (χ4n) is 2.38. The highest BCUT2D eigenvalue weighted by molar-refractivity contribution is 7.89. The third kappa shape index (κ3) is 3.56. The second kappa shape index (κ2) is 5.94. The Morgan fingerprint density at radius 2 is 2.05 bits per heavy atom. The van der Waals surface area contributed by atoms with Crippen LogP contribution in [0.15, 0.2) is 29.2 Å². The SMILES string of the molecule is O=S(=O)(c1cccc(CO)c1)N1CCCC(C(F)(F)F)C1. The number of hydrogen-bond acceptors (Lipinski definition) is 3. The van der Waals surface area contributed by atoms with Crippen molar-refractivity contribution in [2.45, 2.75) is 30.5 Å². The molecule has 4 nitrogen and oxygen atoms in total. The van der Waals surface area contributed by atoms with E-state index in [1.165, 1.54) is 18.2 Å². The lowest BCUT2D eigenvalue weighted by Gasteiger charge is -2.32. The van der Waals surface area contributed by atoms with Crippen molar-refractivity contribution in [2.24, 2.45) is 5.92 Å². The highest BCUT2D eigenvalue weighted by atomic mass is 32.2. The minimum absolute atomic E-state index is 0.0494. The van der Waals surface area contributed by atoms with E-state index in [0.717, 1.165) is 4.31 Å². The molecule has 1 unspecified atom stereocenters. The van der Waals surface area contributed by atoms with Crippen LogP contribution in [0.2, 0.25) is 0 Å². The Morgan fingerprint density at radius 1 is 1.33 bits per heavy atom. The minimum atomic E-state index is -4.39. The van der Waals surface area contributed by atoms with Crippen molar-refractivity contribution in [3.05, 3.63) is 29.8 Å². The van der Waals surface area contributed by atoms with Crippen molar-refractivity contribution < 1.29 is 26.7 Å². The average Bonchev–Trinajstić information content (AvgIpc) is 2.46. The van der Waals surface area contributed by atoms with Gasteiger partial charge in [0.1, 0.15) is 0 Å². The molecule has 0 radical (unpaired) electrons. The normalized spacial score (nSPS) is 21.4. The summed E-state index contributed by atoms with van der Waals surface area (Å²) in [6.07, 6.45) is -4.25. The number of rotatable bonds is 3. The van der Waals surface area contributed by atoms with Crippen molar-refractivity contribution in [2.75, 3.05) is 13.1 Å². The summed E-state index contributed by atoms with van der Waals surface area (Å²) >= 11 is 0. The molecule has 1 heterocycles. The van der Waals surface area contributed by atoms with Crippen LogP contribution >= 0.6 is 0 Å². The lowest BCUT2D eigenvalue weighted by molar-refractivity contribution is -0.182. The first-order valence-electron chi connectivity index (χ1n) is 6.52. The first-order chi connectivity index (χ1) is 9.75. The first kappa shape index (κ1) is 16.3. The van der Waals surface area contributed by atoms with Crippen LogP contribution in [-0.2, 0) is 16.6 Å². The number of alkyl halides is 3. The van der Waals surface area contributed by atoms with Gasteiger partial charge in [-0.05, 0) is 30.5 Å². The molecule has 1 aromatic rings. The second-order valence-electron chi connectivity index (χ2n) is 5.05. The predicted octanol–water partition coefficient (Wildman–Crippen LogP) is 2.14. The van der Waals surface area contributed by atoms with Gasteiger partial charge in [0.05, 0.1) is 17.4 Å². The summed E-state index contributed by atoms with van der Waals surface area (Å²) in [6.45, 7) is -0.790. The monoisotopic (exact) mass is 323 g/mol. The summed E-state index contributed by atoms with van der Waals surface area (Å²) in [6, 6.07) is 5.62. The van der Waals surface area contributed by atoms with E-state index in [2.05, 4.69) is 0 Å². The van der Waals surface area contributed by atoms with Crippen LogP contribution in [0.25, 0.3) is 0 Å². The molecule has 2 rings (SSSR count). The molecule has 0 amide bonds. The van der Waals surface area contributed by atoms with E-state index in [9.17, 15) is 21.6 Å². The van der Waals surface area contributed by atoms with Gasteiger partial charge in [0, 0.05) is 13.1 Å². The molecule has 1 aromatic carbocycles. The van der Waals surface area contributed by atoms with Gasteiger partial charge in [-0.3, -0.25) is 0 Å². The molecule has 1 saturated heterocycles. The second-order valence-corrected chi connectivity index (χ2v) is 6.99. The van der Waals surface area contributed by atoms with Gasteiger partial charge in [0.15, 0.2) is 0 Å². The zero-order valence-electron chi connectivity index (χ0n) is 11.2. The largest absolute Gasteiger partial charge is 0.393 e. The van der Waals surface area contributed by atoms with E-state index >= 15 is 0 Å². The van der Waals surface area contributed by atoms with Crippen LogP contribution < -0.4 is 0 Å². The van der Waals surface area contributed by atoms with E-state index < -0.39 is 28.7 Å². The Morgan fingerprint density at radius 3 is 2.67 bits per heavy atom. The molecule has 118 valence electrons. The number of halogens is 3. The van der Waals surface area contributed by atoms with E-state index in [1.807, 2.05) is 0 Å². The molecule has 0 spiro atoms. The van der Waals surface area contributed by atoms with Crippen LogP contribution in [0, 0.1) is 5.92 Å². The van der Waals surface area contributed by atoms with E-state index in [0.29, 0.717) is 5.56 Å². The molecule has 1 aliphatic heterocycles. The number of hydrogen-bond donors (Lipinski definition) is 1. The van der Waals surface area contributed by atoms with Crippen LogP contribution in [0.5, 0.6) is 0 Å². The van der Waals surface area contributed by atoms with Crippen molar-refractivity contribution in [1.29, 1.82) is 0 Å². The van der Waals surface area contributed by atoms with Crippen LogP contribution in [-0.4, -0.2) is 37.1 Å². The molecule has 21 heavy (non-hydrogen) atoms. The minimum Gasteiger partial charge on any atom is -0.392 e. The van der Waals surface area contributed by atoms with E-state index in [1.54, 1.807) is 6.07 Å². The summed E-state index contributed by atoms with van der Waals surface area (Å²) in [5.41, 5.74) is 0.403. The van der Waals surface area contributed by atoms with Crippen LogP contribution in [0.1, 0.15) is 18.4 Å². The van der Waals surface area contributed by atoms with Crippen molar-refractivity contribution >= 4 is 10.0 Å². The van der Waals surface area contributed by atoms with Gasteiger partial charge in [0.2, 0.25) is 10.0 Å². The van der Waals surface area contributed by atoms with Crippen molar-refractivity contribution in [3.63, 3.8) is 0 Å². The number of piperidine rings is 1. The van der Waals surface area contributed by atoms with Crippen molar-refractivity contribution in [3.8, 4) is 0 Å². The number of nitrogens with zero attached hydrogens (tertiary/aromatic N) is 1. The smallest absolute Gasteiger partial charge is 0.392 e. The van der Waals surface area contributed by atoms with Gasteiger partial charge in [-0.25, -0.2) is 8.42 Å². The van der Waals surface area contributed by atoms with Gasteiger partial charge in [0.25, 0.3) is 0 Å². The summed E-state index contributed by atoms with van der Waals surface area (Å²) in [7, 11) is -3.97. The molecule has 1 fully saturated rings. The molecule has 0 aromatic heterocycles. The fourth-order valence-corrected chi connectivity index (χ4v) is 3.98. The number of aliphatic hydroxyl groups excluding tert-OH is 1. The van der Waals surface area contributed by atoms with Gasteiger partial charge in [-0.1, -0.05) is 12.1 Å². The van der Waals surface area contributed by atoms with Gasteiger partial charge >= 0.3 is 6.18 Å². The standard InChI is InChI=1S/C13H16F3NO3S/c14-13(15,16)11-4-2-6-17(8-11)21(19,20)12-5-1-3-10(7-12)9-18/h1,3,5,7,11,18H,2,4,6,8-9H2. The Labute approximate surface area is 121 Å². The maximum absolute atomic E-state index is 12.8. The Hall–Kier alpha value is -1.12. The molecule has 0 bridgehead atoms. The van der Waals surface area contributed by atoms with Gasteiger partial charge in [-0.15, -0.1) is 0 Å². The third-order valence-corrected chi connectivity index (χ3v) is 5.43. The van der Waals surface area contributed by atoms with Crippen molar-refractivity contribution in [1.82, 2.24) is 4.31 Å². The fraction of sp³-hybridized carbons (Fsp3) is 0.538. The molecule has 0 aliphatic carbocycles. The Bertz CT molecular complexity index is 601. The van der Waals surface area contributed by atoms with E-state index in [4.69, 9.17) is 5.11 Å². The quantitative estimate of drug-likeness (QED) is 0.927. The van der Waals surface area contributed by atoms with Gasteiger partial charge in [-0.2, -0.15) is 17.5 Å². The molecule has 8 heteroatoms. The number of benzene rings is 1. The Balaban J connectivity index is 2.26.